The first-order valence-corrected chi connectivity index (χ1v) is 6.71. The van der Waals surface area contributed by atoms with E-state index in [1.807, 2.05) is 0 Å². The van der Waals surface area contributed by atoms with Crippen molar-refractivity contribution in [2.75, 3.05) is 25.5 Å². The zero-order chi connectivity index (χ0) is 13.2. The molecule has 0 aliphatic heterocycles. The van der Waals surface area contributed by atoms with E-state index in [0.29, 0.717) is 11.2 Å². The second kappa shape index (κ2) is 4.88. The first-order chi connectivity index (χ1) is 8.60. The van der Waals surface area contributed by atoms with E-state index in [2.05, 4.69) is 25.0 Å². The Kier molecular flexibility index (Phi) is 3.45. The smallest absolute Gasteiger partial charge is 0.242 e. The summed E-state index contributed by atoms with van der Waals surface area (Å²) in [7, 11) is -1.97. The molecule has 4 N–H and O–H groups in total. The maximum Gasteiger partial charge on any atom is 0.242 e. The van der Waals surface area contributed by atoms with Gasteiger partial charge in [-0.1, -0.05) is 0 Å². The van der Waals surface area contributed by atoms with E-state index < -0.39 is 10.0 Å². The van der Waals surface area contributed by atoms with Gasteiger partial charge in [-0.15, -0.1) is 0 Å². The third kappa shape index (κ3) is 2.15. The van der Waals surface area contributed by atoms with Gasteiger partial charge in [0, 0.05) is 20.1 Å². The van der Waals surface area contributed by atoms with Crippen molar-refractivity contribution in [3.63, 3.8) is 0 Å². The third-order valence-corrected chi connectivity index (χ3v) is 3.87. The summed E-state index contributed by atoms with van der Waals surface area (Å²) < 4.78 is 31.0. The van der Waals surface area contributed by atoms with Crippen LogP contribution in [0.5, 0.6) is 0 Å². The zero-order valence-electron chi connectivity index (χ0n) is 9.67. The van der Waals surface area contributed by atoms with E-state index in [1.54, 1.807) is 13.1 Å². The molecule has 0 saturated carbocycles. The standard InChI is InChI=1S/C9H13N5O3S/c1-11-6-2-3-7(9-8(6)13-17-14-9)18(15,16)12-5-4-10/h2-3,11-12H,4-5,10H2,1H3. The van der Waals surface area contributed by atoms with Gasteiger partial charge in [-0.25, -0.2) is 17.8 Å². The molecule has 0 unspecified atom stereocenters. The Balaban J connectivity index is 2.56. The van der Waals surface area contributed by atoms with Crippen LogP contribution in [0.1, 0.15) is 0 Å². The fourth-order valence-corrected chi connectivity index (χ4v) is 2.71. The highest BCUT2D eigenvalue weighted by molar-refractivity contribution is 7.89. The van der Waals surface area contributed by atoms with Gasteiger partial charge in [-0.2, -0.15) is 0 Å². The normalized spacial score (nSPS) is 11.9. The molecule has 0 radical (unpaired) electrons. The van der Waals surface area contributed by atoms with Crippen LogP contribution < -0.4 is 15.8 Å². The largest absolute Gasteiger partial charge is 0.386 e. The fraction of sp³-hybridized carbons (Fsp3) is 0.333. The predicted octanol–water partition coefficient (Wildman–Crippen LogP) is -0.498. The molecule has 2 aromatic rings. The van der Waals surface area contributed by atoms with Gasteiger partial charge in [0.05, 0.1) is 5.69 Å². The third-order valence-electron chi connectivity index (χ3n) is 2.37. The van der Waals surface area contributed by atoms with Crippen molar-refractivity contribution in [3.8, 4) is 0 Å². The summed E-state index contributed by atoms with van der Waals surface area (Å²) in [6.07, 6.45) is 0. The molecular weight excluding hydrogens is 258 g/mol. The van der Waals surface area contributed by atoms with Crippen LogP contribution in [0.25, 0.3) is 11.0 Å². The zero-order valence-corrected chi connectivity index (χ0v) is 10.5. The van der Waals surface area contributed by atoms with Gasteiger partial charge in [0.2, 0.25) is 10.0 Å². The van der Waals surface area contributed by atoms with Crippen molar-refractivity contribution in [2.45, 2.75) is 4.90 Å². The lowest BCUT2D eigenvalue weighted by Crippen LogP contribution is -2.29. The van der Waals surface area contributed by atoms with Gasteiger partial charge in [-0.3, -0.25) is 0 Å². The summed E-state index contributed by atoms with van der Waals surface area (Å²) >= 11 is 0. The van der Waals surface area contributed by atoms with Crippen molar-refractivity contribution < 1.29 is 13.0 Å². The quantitative estimate of drug-likeness (QED) is 0.669. The average molecular weight is 271 g/mol. The lowest BCUT2D eigenvalue weighted by atomic mass is 10.2. The molecule has 0 atom stereocenters. The molecule has 0 aliphatic rings. The Morgan fingerprint density at radius 1 is 1.33 bits per heavy atom. The number of hydrogen-bond acceptors (Lipinski definition) is 7. The lowest BCUT2D eigenvalue weighted by Gasteiger charge is -2.07. The number of anilines is 1. The molecule has 0 fully saturated rings. The van der Waals surface area contributed by atoms with E-state index in [-0.39, 0.29) is 23.5 Å². The van der Waals surface area contributed by atoms with Crippen LogP contribution in [-0.4, -0.2) is 38.9 Å². The van der Waals surface area contributed by atoms with Gasteiger partial charge >= 0.3 is 0 Å². The van der Waals surface area contributed by atoms with Crippen LogP contribution >= 0.6 is 0 Å². The highest BCUT2D eigenvalue weighted by Gasteiger charge is 2.21. The molecule has 1 aromatic heterocycles. The van der Waals surface area contributed by atoms with E-state index in [0.717, 1.165) is 0 Å². The molecule has 1 aromatic carbocycles. The minimum Gasteiger partial charge on any atom is -0.386 e. The number of aromatic nitrogens is 2. The first kappa shape index (κ1) is 12.7. The molecule has 0 aliphatic carbocycles. The lowest BCUT2D eigenvalue weighted by molar-refractivity contribution is 0.315. The van der Waals surface area contributed by atoms with Crippen LogP contribution in [-0.2, 0) is 10.0 Å². The summed E-state index contributed by atoms with van der Waals surface area (Å²) in [5.41, 5.74) is 6.47. The molecule has 0 saturated heterocycles. The molecule has 0 bridgehead atoms. The SMILES string of the molecule is CNc1ccc(S(=O)(=O)NCCN)c2nonc12. The van der Waals surface area contributed by atoms with Gasteiger partial charge in [0.1, 0.15) is 4.90 Å². The number of nitrogens with zero attached hydrogens (tertiary/aromatic N) is 2. The topological polar surface area (TPSA) is 123 Å². The monoisotopic (exact) mass is 271 g/mol. The second-order valence-electron chi connectivity index (χ2n) is 3.51. The number of sulfonamides is 1. The molecule has 98 valence electrons. The number of hydrogen-bond donors (Lipinski definition) is 3. The number of rotatable bonds is 5. The first-order valence-electron chi connectivity index (χ1n) is 5.23. The van der Waals surface area contributed by atoms with Gasteiger partial charge in [-0.05, 0) is 22.4 Å². The summed E-state index contributed by atoms with van der Waals surface area (Å²) in [6.45, 7) is 0.372. The van der Waals surface area contributed by atoms with Crippen molar-refractivity contribution in [1.82, 2.24) is 15.0 Å². The van der Waals surface area contributed by atoms with Gasteiger partial charge in [0.15, 0.2) is 11.0 Å². The minimum atomic E-state index is -3.66. The Bertz CT molecular complexity index is 651. The van der Waals surface area contributed by atoms with Crippen molar-refractivity contribution in [1.29, 1.82) is 0 Å². The molecule has 0 amide bonds. The van der Waals surface area contributed by atoms with Crippen molar-refractivity contribution in [2.24, 2.45) is 5.73 Å². The van der Waals surface area contributed by atoms with Crippen LogP contribution in [0.15, 0.2) is 21.7 Å². The van der Waals surface area contributed by atoms with E-state index >= 15 is 0 Å². The summed E-state index contributed by atoms with van der Waals surface area (Å²) in [6, 6.07) is 3.04. The van der Waals surface area contributed by atoms with E-state index in [4.69, 9.17) is 5.73 Å². The fourth-order valence-electron chi connectivity index (χ4n) is 1.53. The molecule has 2 rings (SSSR count). The summed E-state index contributed by atoms with van der Waals surface area (Å²) in [4.78, 5) is 0.0196. The Hall–Kier alpha value is -1.71. The van der Waals surface area contributed by atoms with Crippen LogP contribution in [0.4, 0.5) is 5.69 Å². The van der Waals surface area contributed by atoms with Crippen LogP contribution in [0, 0.1) is 0 Å². The number of nitrogens with one attached hydrogen (secondary N) is 2. The van der Waals surface area contributed by atoms with E-state index in [1.165, 1.54) is 6.07 Å². The summed E-state index contributed by atoms with van der Waals surface area (Å²) in [5.74, 6) is 0. The second-order valence-corrected chi connectivity index (χ2v) is 5.24. The Labute approximate surface area is 104 Å². The number of benzene rings is 1. The molecule has 8 nitrogen and oxygen atoms in total. The van der Waals surface area contributed by atoms with Gasteiger partial charge < -0.3 is 11.1 Å². The average Bonchev–Trinajstić information content (AvgIpc) is 2.84. The van der Waals surface area contributed by atoms with Crippen molar-refractivity contribution in [3.05, 3.63) is 12.1 Å². The maximum atomic E-state index is 12.0. The highest BCUT2D eigenvalue weighted by Crippen LogP contribution is 2.26. The minimum absolute atomic E-state index is 0.0196. The molecule has 0 spiro atoms. The van der Waals surface area contributed by atoms with Gasteiger partial charge in [0.25, 0.3) is 0 Å². The highest BCUT2D eigenvalue weighted by atomic mass is 32.2. The van der Waals surface area contributed by atoms with Crippen LogP contribution in [0.3, 0.4) is 0 Å². The molecule has 1 heterocycles. The summed E-state index contributed by atoms with van der Waals surface area (Å²) in [5, 5.41) is 10.2. The van der Waals surface area contributed by atoms with E-state index in [9.17, 15) is 8.42 Å². The molecule has 9 heteroatoms. The Morgan fingerprint density at radius 3 is 2.72 bits per heavy atom. The number of fused-ring (bicyclic) bond motifs is 1. The predicted molar refractivity (Wildman–Crippen MR) is 65.6 cm³/mol. The van der Waals surface area contributed by atoms with Crippen LogP contribution in [0.2, 0.25) is 0 Å². The van der Waals surface area contributed by atoms with Crippen molar-refractivity contribution >= 4 is 26.7 Å². The number of nitrogens with two attached hydrogens (primary N) is 1. The maximum absolute atomic E-state index is 12.0. The molecular formula is C9H13N5O3S. The molecule has 18 heavy (non-hydrogen) atoms. The Morgan fingerprint density at radius 2 is 2.06 bits per heavy atom.